The van der Waals surface area contributed by atoms with E-state index >= 15 is 0 Å². The quantitative estimate of drug-likeness (QED) is 0.743. The third-order valence-corrected chi connectivity index (χ3v) is 3.93. The number of rotatable bonds is 7. The number of hydrogen-bond donors (Lipinski definition) is 1. The van der Waals surface area contributed by atoms with Crippen LogP contribution in [0.2, 0.25) is 10.0 Å². The van der Waals surface area contributed by atoms with Gasteiger partial charge in [0.2, 0.25) is 0 Å². The lowest BCUT2D eigenvalue weighted by molar-refractivity contribution is -0.127. The van der Waals surface area contributed by atoms with Gasteiger partial charge in [-0.3, -0.25) is 4.79 Å². The lowest BCUT2D eigenvalue weighted by Crippen LogP contribution is -2.38. The molecule has 2 aromatic carbocycles. The number of amides is 1. The zero-order chi connectivity index (χ0) is 17.5. The average Bonchev–Trinajstić information content (AvgIpc) is 2.54. The van der Waals surface area contributed by atoms with Crippen LogP contribution in [0.3, 0.4) is 0 Å². The molecule has 2 aromatic rings. The van der Waals surface area contributed by atoms with Crippen molar-refractivity contribution in [2.24, 2.45) is 0 Å². The van der Waals surface area contributed by atoms with E-state index in [-0.39, 0.29) is 5.91 Å². The van der Waals surface area contributed by atoms with Crippen molar-refractivity contribution in [2.75, 3.05) is 13.2 Å². The maximum Gasteiger partial charge on any atom is 0.260 e. The number of aryl methyl sites for hydroxylation is 1. The van der Waals surface area contributed by atoms with E-state index in [4.69, 9.17) is 32.7 Å². The van der Waals surface area contributed by atoms with Crippen molar-refractivity contribution in [3.8, 4) is 11.5 Å². The molecule has 2 rings (SSSR count). The van der Waals surface area contributed by atoms with E-state index in [2.05, 4.69) is 5.32 Å². The molecule has 4 nitrogen and oxygen atoms in total. The summed E-state index contributed by atoms with van der Waals surface area (Å²) in [5.41, 5.74) is 0.990. The zero-order valence-electron chi connectivity index (χ0n) is 13.5. The molecule has 0 fully saturated rings. The van der Waals surface area contributed by atoms with E-state index in [0.29, 0.717) is 34.7 Å². The molecule has 0 heterocycles. The molecule has 1 amide bonds. The minimum Gasteiger partial charge on any atom is -0.492 e. The maximum atomic E-state index is 12.0. The van der Waals surface area contributed by atoms with Gasteiger partial charge in [-0.15, -0.1) is 0 Å². The number of benzene rings is 2. The van der Waals surface area contributed by atoms with Gasteiger partial charge in [-0.05, 0) is 49.7 Å². The third kappa shape index (κ3) is 5.62. The molecule has 0 unspecified atom stereocenters. The lowest BCUT2D eigenvalue weighted by Gasteiger charge is -2.15. The summed E-state index contributed by atoms with van der Waals surface area (Å²) in [5, 5.41) is 3.97. The summed E-state index contributed by atoms with van der Waals surface area (Å²) in [6.07, 6.45) is -0.628. The first-order valence-corrected chi connectivity index (χ1v) is 8.30. The van der Waals surface area contributed by atoms with Gasteiger partial charge >= 0.3 is 0 Å². The van der Waals surface area contributed by atoms with Gasteiger partial charge in [-0.2, -0.15) is 0 Å². The predicted octanol–water partition coefficient (Wildman–Crippen LogP) is 4.26. The van der Waals surface area contributed by atoms with Gasteiger partial charge in [0.25, 0.3) is 5.91 Å². The normalized spacial score (nSPS) is 11.7. The van der Waals surface area contributed by atoms with Gasteiger partial charge in [0.1, 0.15) is 18.1 Å². The predicted molar refractivity (Wildman–Crippen MR) is 96.2 cm³/mol. The second-order valence-electron chi connectivity index (χ2n) is 5.27. The summed E-state index contributed by atoms with van der Waals surface area (Å²) in [7, 11) is 0. The highest BCUT2D eigenvalue weighted by Crippen LogP contribution is 2.21. The van der Waals surface area contributed by atoms with Crippen molar-refractivity contribution in [1.29, 1.82) is 0 Å². The fourth-order valence-electron chi connectivity index (χ4n) is 1.95. The van der Waals surface area contributed by atoms with Crippen molar-refractivity contribution >= 4 is 29.1 Å². The van der Waals surface area contributed by atoms with Gasteiger partial charge in [0.05, 0.1) is 6.54 Å². The monoisotopic (exact) mass is 367 g/mol. The third-order valence-electron chi connectivity index (χ3n) is 3.29. The lowest BCUT2D eigenvalue weighted by atomic mass is 10.2. The molecule has 0 saturated heterocycles. The van der Waals surface area contributed by atoms with Crippen molar-refractivity contribution in [2.45, 2.75) is 20.0 Å². The SMILES string of the molecule is Cc1ccc(OCCNC(=O)[C@H](C)Oc2cccc(Cl)c2)cc1Cl. The highest BCUT2D eigenvalue weighted by molar-refractivity contribution is 6.31. The van der Waals surface area contributed by atoms with Crippen LogP contribution in [0.15, 0.2) is 42.5 Å². The number of carbonyl (C=O) groups excluding carboxylic acids is 1. The molecule has 0 saturated carbocycles. The molecule has 0 aliphatic heterocycles. The van der Waals surface area contributed by atoms with Crippen LogP contribution in [-0.4, -0.2) is 25.2 Å². The van der Waals surface area contributed by atoms with Gasteiger partial charge in [-0.1, -0.05) is 35.3 Å². The minimum atomic E-state index is -0.628. The molecule has 0 aromatic heterocycles. The second-order valence-corrected chi connectivity index (χ2v) is 6.11. The van der Waals surface area contributed by atoms with Crippen LogP contribution in [0, 0.1) is 6.92 Å². The van der Waals surface area contributed by atoms with Crippen LogP contribution >= 0.6 is 23.2 Å². The van der Waals surface area contributed by atoms with Crippen LogP contribution in [0.1, 0.15) is 12.5 Å². The summed E-state index contributed by atoms with van der Waals surface area (Å²) in [6.45, 7) is 4.31. The van der Waals surface area contributed by atoms with Crippen molar-refractivity contribution in [3.05, 3.63) is 58.1 Å². The Hall–Kier alpha value is -1.91. The summed E-state index contributed by atoms with van der Waals surface area (Å²) in [4.78, 5) is 12.0. The Labute approximate surface area is 151 Å². The molecular formula is C18H19Cl2NO3. The largest absolute Gasteiger partial charge is 0.492 e. The van der Waals surface area contributed by atoms with E-state index in [1.54, 1.807) is 37.3 Å². The maximum absolute atomic E-state index is 12.0. The number of carbonyl (C=O) groups is 1. The average molecular weight is 368 g/mol. The van der Waals surface area contributed by atoms with Gasteiger partial charge in [-0.25, -0.2) is 0 Å². The topological polar surface area (TPSA) is 47.6 Å². The van der Waals surface area contributed by atoms with Crippen molar-refractivity contribution < 1.29 is 14.3 Å². The van der Waals surface area contributed by atoms with Crippen LogP contribution in [0.5, 0.6) is 11.5 Å². The Morgan fingerprint density at radius 1 is 1.17 bits per heavy atom. The molecule has 1 N–H and O–H groups in total. The fourth-order valence-corrected chi connectivity index (χ4v) is 2.30. The molecule has 0 aliphatic rings. The molecule has 0 radical (unpaired) electrons. The van der Waals surface area contributed by atoms with Crippen molar-refractivity contribution in [3.63, 3.8) is 0 Å². The van der Waals surface area contributed by atoms with E-state index in [0.717, 1.165) is 5.56 Å². The van der Waals surface area contributed by atoms with E-state index < -0.39 is 6.10 Å². The first-order valence-electron chi connectivity index (χ1n) is 7.54. The van der Waals surface area contributed by atoms with Crippen LogP contribution in [0.25, 0.3) is 0 Å². The number of nitrogens with one attached hydrogen (secondary N) is 1. The summed E-state index contributed by atoms with van der Waals surface area (Å²) in [6, 6.07) is 12.4. The molecule has 1 atom stereocenters. The molecule has 128 valence electrons. The number of halogens is 2. The van der Waals surface area contributed by atoms with E-state index in [1.807, 2.05) is 19.1 Å². The zero-order valence-corrected chi connectivity index (χ0v) is 15.0. The summed E-state index contributed by atoms with van der Waals surface area (Å²) < 4.78 is 11.1. The molecule has 24 heavy (non-hydrogen) atoms. The Kier molecular flexibility index (Phi) is 6.76. The Balaban J connectivity index is 1.73. The van der Waals surface area contributed by atoms with Crippen LogP contribution in [-0.2, 0) is 4.79 Å². The van der Waals surface area contributed by atoms with Gasteiger partial charge < -0.3 is 14.8 Å². The number of ether oxygens (including phenoxy) is 2. The van der Waals surface area contributed by atoms with E-state index in [1.165, 1.54) is 0 Å². The molecular weight excluding hydrogens is 349 g/mol. The van der Waals surface area contributed by atoms with Crippen LogP contribution < -0.4 is 14.8 Å². The first-order chi connectivity index (χ1) is 11.5. The second kappa shape index (κ2) is 8.81. The summed E-state index contributed by atoms with van der Waals surface area (Å²) in [5.74, 6) is 0.999. The highest BCUT2D eigenvalue weighted by atomic mass is 35.5. The highest BCUT2D eigenvalue weighted by Gasteiger charge is 2.14. The van der Waals surface area contributed by atoms with Gasteiger partial charge in [0, 0.05) is 10.0 Å². The van der Waals surface area contributed by atoms with E-state index in [9.17, 15) is 4.79 Å². The Bertz CT molecular complexity index is 706. The smallest absolute Gasteiger partial charge is 0.260 e. The number of hydrogen-bond acceptors (Lipinski definition) is 3. The standard InChI is InChI=1S/C18H19Cl2NO3/c1-12-6-7-15(11-17(12)20)23-9-8-21-18(22)13(2)24-16-5-3-4-14(19)10-16/h3-7,10-11,13H,8-9H2,1-2H3,(H,21,22)/t13-/m0/s1. The summed E-state index contributed by atoms with van der Waals surface area (Å²) >= 11 is 11.9. The molecule has 6 heteroatoms. The fraction of sp³-hybridized carbons (Fsp3) is 0.278. The first kappa shape index (κ1) is 18.4. The molecule has 0 aliphatic carbocycles. The Morgan fingerprint density at radius 2 is 1.96 bits per heavy atom. The minimum absolute atomic E-state index is 0.222. The Morgan fingerprint density at radius 3 is 2.67 bits per heavy atom. The molecule has 0 spiro atoms. The molecule has 0 bridgehead atoms. The van der Waals surface area contributed by atoms with Gasteiger partial charge in [0.15, 0.2) is 6.10 Å². The van der Waals surface area contributed by atoms with Crippen molar-refractivity contribution in [1.82, 2.24) is 5.32 Å². The van der Waals surface area contributed by atoms with Crippen LogP contribution in [0.4, 0.5) is 0 Å².